The molecule has 1 atom stereocenters. The van der Waals surface area contributed by atoms with Gasteiger partial charge in [-0.3, -0.25) is 14.5 Å². The molecular formula is C24H28N4O6S. The molecule has 3 aliphatic rings. The highest BCUT2D eigenvalue weighted by molar-refractivity contribution is 7.88. The third-order valence-electron chi connectivity index (χ3n) is 6.72. The van der Waals surface area contributed by atoms with E-state index >= 15 is 0 Å². The van der Waals surface area contributed by atoms with E-state index in [4.69, 9.17) is 4.74 Å². The van der Waals surface area contributed by atoms with Gasteiger partial charge >= 0.3 is 0 Å². The standard InChI is InChI=1S/C24H28N4O6S/c1-35(32,33)28-14-24(15-28)23(31)26-20-10-17(6-7-21(20)34-24)22(30)25-11-19(29)13-27-9-8-16-4-2-3-5-18(16)12-27/h2-7,10,19,29H,8-9,11-15H2,1H3,(H,25,30)(H,26,31)/t19-/m0/s1. The first-order chi connectivity index (χ1) is 16.6. The number of nitrogens with zero attached hydrogens (tertiary/aromatic N) is 2. The van der Waals surface area contributed by atoms with Crippen molar-refractivity contribution < 1.29 is 27.9 Å². The number of sulfonamides is 1. The fourth-order valence-electron chi connectivity index (χ4n) is 4.70. The molecule has 0 saturated carbocycles. The topological polar surface area (TPSA) is 128 Å². The summed E-state index contributed by atoms with van der Waals surface area (Å²) in [6.07, 6.45) is 1.30. The molecule has 2 aromatic carbocycles. The molecule has 3 N–H and O–H groups in total. The Hall–Kier alpha value is -2.99. The SMILES string of the molecule is CS(=O)(=O)N1CC2(C1)Oc1ccc(C(=O)NC[C@H](O)CN3CCc4ccccc4C3)cc1NC2=O. The van der Waals surface area contributed by atoms with Crippen molar-refractivity contribution in [3.63, 3.8) is 0 Å². The van der Waals surface area contributed by atoms with Crippen molar-refractivity contribution in [1.82, 2.24) is 14.5 Å². The first kappa shape index (κ1) is 23.7. The summed E-state index contributed by atoms with van der Waals surface area (Å²) in [4.78, 5) is 27.4. The molecule has 3 aliphatic heterocycles. The maximum atomic E-state index is 12.7. The number of carbonyl (C=O) groups excluding carboxylic acids is 2. The largest absolute Gasteiger partial charge is 0.472 e. The van der Waals surface area contributed by atoms with E-state index in [-0.39, 0.29) is 25.5 Å². The van der Waals surface area contributed by atoms with Gasteiger partial charge in [0.2, 0.25) is 15.6 Å². The number of ether oxygens (including phenoxy) is 1. The van der Waals surface area contributed by atoms with Crippen LogP contribution in [0.25, 0.3) is 0 Å². The number of aliphatic hydroxyl groups excluding tert-OH is 1. The number of hydrogen-bond acceptors (Lipinski definition) is 7. The van der Waals surface area contributed by atoms with E-state index in [1.807, 2.05) is 12.1 Å². The van der Waals surface area contributed by atoms with Crippen LogP contribution < -0.4 is 15.4 Å². The van der Waals surface area contributed by atoms with Crippen molar-refractivity contribution in [2.45, 2.75) is 24.7 Å². The zero-order chi connectivity index (χ0) is 24.8. The van der Waals surface area contributed by atoms with Crippen LogP contribution in [-0.4, -0.2) is 85.2 Å². The molecule has 2 amide bonds. The Morgan fingerprint density at radius 2 is 1.97 bits per heavy atom. The van der Waals surface area contributed by atoms with Crippen LogP contribution in [0.5, 0.6) is 5.75 Å². The molecule has 35 heavy (non-hydrogen) atoms. The fraction of sp³-hybridized carbons (Fsp3) is 0.417. The molecule has 0 aliphatic carbocycles. The van der Waals surface area contributed by atoms with Crippen LogP contribution in [0, 0.1) is 0 Å². The smallest absolute Gasteiger partial charge is 0.271 e. The van der Waals surface area contributed by atoms with Crippen LogP contribution in [0.15, 0.2) is 42.5 Å². The lowest BCUT2D eigenvalue weighted by atomic mass is 9.93. The Labute approximate surface area is 203 Å². The molecule has 11 heteroatoms. The van der Waals surface area contributed by atoms with E-state index < -0.39 is 27.6 Å². The summed E-state index contributed by atoms with van der Waals surface area (Å²) in [7, 11) is -3.40. The van der Waals surface area contributed by atoms with Crippen molar-refractivity contribution in [3.05, 3.63) is 59.2 Å². The molecule has 3 heterocycles. The van der Waals surface area contributed by atoms with Gasteiger partial charge in [0.15, 0.2) is 0 Å². The number of carbonyl (C=O) groups is 2. The number of amides is 2. The lowest BCUT2D eigenvalue weighted by Crippen LogP contribution is -2.72. The van der Waals surface area contributed by atoms with E-state index in [0.29, 0.717) is 23.5 Å². The molecule has 5 rings (SSSR count). The number of nitrogens with one attached hydrogen (secondary N) is 2. The van der Waals surface area contributed by atoms with Gasteiger partial charge in [-0.1, -0.05) is 24.3 Å². The highest BCUT2D eigenvalue weighted by atomic mass is 32.2. The van der Waals surface area contributed by atoms with E-state index in [1.54, 1.807) is 12.1 Å². The van der Waals surface area contributed by atoms with Gasteiger partial charge in [-0.2, -0.15) is 4.31 Å². The number of fused-ring (bicyclic) bond motifs is 2. The lowest BCUT2D eigenvalue weighted by Gasteiger charge is -2.48. The van der Waals surface area contributed by atoms with Gasteiger partial charge in [0.25, 0.3) is 11.8 Å². The first-order valence-electron chi connectivity index (χ1n) is 11.5. The van der Waals surface area contributed by atoms with Crippen molar-refractivity contribution in [2.75, 3.05) is 44.3 Å². The van der Waals surface area contributed by atoms with Crippen LogP contribution in [0.1, 0.15) is 21.5 Å². The molecule has 0 radical (unpaired) electrons. The molecule has 186 valence electrons. The molecule has 2 aromatic rings. The quantitative estimate of drug-likeness (QED) is 0.516. The van der Waals surface area contributed by atoms with Gasteiger partial charge in [0.1, 0.15) is 5.75 Å². The van der Waals surface area contributed by atoms with Crippen LogP contribution in [0.4, 0.5) is 5.69 Å². The average Bonchev–Trinajstić information content (AvgIpc) is 2.79. The minimum atomic E-state index is -3.40. The second-order valence-corrected chi connectivity index (χ2v) is 11.4. The van der Waals surface area contributed by atoms with Crippen molar-refractivity contribution in [3.8, 4) is 5.75 Å². The summed E-state index contributed by atoms with van der Waals surface area (Å²) in [6.45, 7) is 2.07. The van der Waals surface area contributed by atoms with E-state index in [0.717, 1.165) is 25.8 Å². The van der Waals surface area contributed by atoms with Gasteiger partial charge < -0.3 is 20.5 Å². The molecule has 10 nitrogen and oxygen atoms in total. The predicted molar refractivity (Wildman–Crippen MR) is 129 cm³/mol. The summed E-state index contributed by atoms with van der Waals surface area (Å²) < 4.78 is 30.3. The van der Waals surface area contributed by atoms with E-state index in [2.05, 4.69) is 27.7 Å². The molecule has 0 aromatic heterocycles. The third kappa shape index (κ3) is 4.76. The number of benzene rings is 2. The Kier molecular flexibility index (Phi) is 6.04. The van der Waals surface area contributed by atoms with Crippen molar-refractivity contribution in [2.24, 2.45) is 0 Å². The van der Waals surface area contributed by atoms with Crippen molar-refractivity contribution in [1.29, 1.82) is 0 Å². The monoisotopic (exact) mass is 500 g/mol. The summed E-state index contributed by atoms with van der Waals surface area (Å²) in [6, 6.07) is 12.9. The fourth-order valence-corrected chi connectivity index (χ4v) is 5.59. The molecule has 1 fully saturated rings. The maximum absolute atomic E-state index is 12.7. The molecule has 1 saturated heterocycles. The summed E-state index contributed by atoms with van der Waals surface area (Å²) in [5.41, 5.74) is 2.01. The molecule has 0 bridgehead atoms. The van der Waals surface area contributed by atoms with Gasteiger partial charge in [0.05, 0.1) is 31.1 Å². The minimum absolute atomic E-state index is 0.0557. The zero-order valence-corrected chi connectivity index (χ0v) is 20.2. The van der Waals surface area contributed by atoms with Gasteiger partial charge in [0, 0.05) is 31.7 Å². The third-order valence-corrected chi connectivity index (χ3v) is 7.91. The number of anilines is 1. The van der Waals surface area contributed by atoms with Gasteiger partial charge in [-0.15, -0.1) is 0 Å². The van der Waals surface area contributed by atoms with E-state index in [1.165, 1.54) is 21.5 Å². The second-order valence-electron chi connectivity index (χ2n) is 9.41. The van der Waals surface area contributed by atoms with Crippen molar-refractivity contribution >= 4 is 27.5 Å². The van der Waals surface area contributed by atoms with Crippen LogP contribution in [-0.2, 0) is 27.8 Å². The van der Waals surface area contributed by atoms with E-state index in [9.17, 15) is 23.1 Å². The number of rotatable bonds is 6. The zero-order valence-electron chi connectivity index (χ0n) is 19.4. The van der Waals surface area contributed by atoms with Crippen LogP contribution >= 0.6 is 0 Å². The summed E-state index contributed by atoms with van der Waals surface area (Å²) in [5, 5.41) is 15.9. The van der Waals surface area contributed by atoms with Gasteiger partial charge in [-0.25, -0.2) is 8.42 Å². The Balaban J connectivity index is 1.15. The Bertz CT molecular complexity index is 1270. The summed E-state index contributed by atoms with van der Waals surface area (Å²) in [5.74, 6) is -0.446. The predicted octanol–water partition coefficient (Wildman–Crippen LogP) is 0.181. The highest BCUT2D eigenvalue weighted by Crippen LogP contribution is 2.39. The Morgan fingerprint density at radius 3 is 2.71 bits per heavy atom. The average molecular weight is 501 g/mol. The van der Waals surface area contributed by atoms with Crippen LogP contribution in [0.2, 0.25) is 0 Å². The lowest BCUT2D eigenvalue weighted by molar-refractivity contribution is -0.142. The van der Waals surface area contributed by atoms with Crippen LogP contribution in [0.3, 0.4) is 0 Å². The molecule has 1 spiro atoms. The van der Waals surface area contributed by atoms with Gasteiger partial charge in [-0.05, 0) is 35.7 Å². The minimum Gasteiger partial charge on any atom is -0.472 e. The first-order valence-corrected chi connectivity index (χ1v) is 13.3. The normalized spacial score (nSPS) is 20.1. The number of hydrogen-bond donors (Lipinski definition) is 3. The Morgan fingerprint density at radius 1 is 1.23 bits per heavy atom. The highest BCUT2D eigenvalue weighted by Gasteiger charge is 2.56. The number of aliphatic hydroxyl groups is 1. The maximum Gasteiger partial charge on any atom is 0.271 e. The molecular weight excluding hydrogens is 472 g/mol. The summed E-state index contributed by atoms with van der Waals surface area (Å²) >= 11 is 0. The molecule has 0 unspecified atom stereocenters. The second kappa shape index (κ2) is 8.90. The number of β-amino-alcohol motifs (C(OH)–C–C–N with tert-alkyl or cyclic N) is 1.